The predicted molar refractivity (Wildman–Crippen MR) is 127 cm³/mol. The third-order valence-corrected chi connectivity index (χ3v) is 6.68. The minimum atomic E-state index is -4.68. The first-order valence-corrected chi connectivity index (χ1v) is 11.5. The van der Waals surface area contributed by atoms with E-state index in [4.69, 9.17) is 9.72 Å². The molecule has 0 fully saturated rings. The smallest absolute Gasteiger partial charge is 0.435 e. The van der Waals surface area contributed by atoms with Crippen LogP contribution in [0, 0.1) is 0 Å². The van der Waals surface area contributed by atoms with E-state index in [9.17, 15) is 18.0 Å². The van der Waals surface area contributed by atoms with Gasteiger partial charge in [0.25, 0.3) is 0 Å². The maximum atomic E-state index is 14.2. The second-order valence-corrected chi connectivity index (χ2v) is 8.79. The minimum Gasteiger partial charge on any atom is -0.465 e. The Bertz CT molecular complexity index is 1630. The van der Waals surface area contributed by atoms with E-state index in [1.54, 1.807) is 6.20 Å². The number of hydrogen-bond donors (Lipinski definition) is 1. The molecule has 0 saturated carbocycles. The molecule has 5 aromatic rings. The quantitative estimate of drug-likeness (QED) is 0.330. The molecule has 0 unspecified atom stereocenters. The number of ether oxygens (including phenoxy) is 1. The van der Waals surface area contributed by atoms with Gasteiger partial charge in [-0.1, -0.05) is 0 Å². The lowest BCUT2D eigenvalue weighted by Crippen LogP contribution is -2.11. The Morgan fingerprint density at radius 3 is 2.53 bits per heavy atom. The molecule has 0 atom stereocenters. The SMILES string of the molecule is COC(=O)c1ccc(-n2cc(-c3nc4ccc5[nH]ncc5c4c4c3CCCC4)c(C(F)(F)F)n2)cc1. The Balaban J connectivity index is 1.57. The van der Waals surface area contributed by atoms with E-state index in [1.165, 1.54) is 42.3 Å². The zero-order valence-corrected chi connectivity index (χ0v) is 19.2. The second-order valence-electron chi connectivity index (χ2n) is 8.79. The Kier molecular flexibility index (Phi) is 5.06. The van der Waals surface area contributed by atoms with Crippen LogP contribution in [0.3, 0.4) is 0 Å². The zero-order valence-electron chi connectivity index (χ0n) is 19.2. The van der Waals surface area contributed by atoms with Crippen molar-refractivity contribution in [2.24, 2.45) is 0 Å². The number of fused-ring (bicyclic) bond motifs is 5. The summed E-state index contributed by atoms with van der Waals surface area (Å²) in [6.07, 6.45) is 1.66. The Morgan fingerprint density at radius 2 is 1.81 bits per heavy atom. The monoisotopic (exact) mass is 491 g/mol. The number of hydrogen-bond acceptors (Lipinski definition) is 5. The molecular weight excluding hydrogens is 471 g/mol. The zero-order chi connectivity index (χ0) is 25.0. The lowest BCUT2D eigenvalue weighted by Gasteiger charge is -2.21. The molecule has 1 aliphatic rings. The summed E-state index contributed by atoms with van der Waals surface area (Å²) in [5, 5.41) is 12.9. The molecule has 1 aliphatic carbocycles. The Hall–Kier alpha value is -4.21. The number of carbonyl (C=O) groups is 1. The molecule has 182 valence electrons. The van der Waals surface area contributed by atoms with Crippen LogP contribution in [0.1, 0.15) is 40.0 Å². The molecule has 3 heterocycles. The fraction of sp³-hybridized carbons (Fsp3) is 0.231. The van der Waals surface area contributed by atoms with Gasteiger partial charge in [0.1, 0.15) is 0 Å². The summed E-state index contributed by atoms with van der Waals surface area (Å²) in [4.78, 5) is 16.5. The number of pyridine rings is 1. The molecule has 1 N–H and O–H groups in total. The van der Waals surface area contributed by atoms with Crippen LogP contribution in [0.4, 0.5) is 13.2 Å². The van der Waals surface area contributed by atoms with Crippen molar-refractivity contribution in [3.05, 3.63) is 71.2 Å². The van der Waals surface area contributed by atoms with Gasteiger partial charge in [0, 0.05) is 17.0 Å². The number of rotatable bonds is 3. The van der Waals surface area contributed by atoms with Crippen molar-refractivity contribution < 1.29 is 22.7 Å². The number of aromatic nitrogens is 5. The van der Waals surface area contributed by atoms with Gasteiger partial charge in [-0.05, 0) is 73.2 Å². The summed E-state index contributed by atoms with van der Waals surface area (Å²) >= 11 is 0. The number of H-pyrrole nitrogens is 1. The molecule has 0 radical (unpaired) electrons. The molecule has 0 spiro atoms. The lowest BCUT2D eigenvalue weighted by atomic mass is 9.85. The molecular formula is C26H20F3N5O2. The number of esters is 1. The molecule has 0 aliphatic heterocycles. The van der Waals surface area contributed by atoms with E-state index >= 15 is 0 Å². The van der Waals surface area contributed by atoms with Crippen LogP contribution >= 0.6 is 0 Å². The second kappa shape index (κ2) is 8.18. The Labute approximate surface area is 202 Å². The third-order valence-electron chi connectivity index (χ3n) is 6.68. The van der Waals surface area contributed by atoms with Gasteiger partial charge in [0.05, 0.1) is 46.8 Å². The molecule has 3 aromatic heterocycles. The van der Waals surface area contributed by atoms with Crippen molar-refractivity contribution in [1.29, 1.82) is 0 Å². The number of nitrogens with one attached hydrogen (secondary N) is 1. The van der Waals surface area contributed by atoms with Crippen LogP contribution in [-0.4, -0.2) is 38.0 Å². The van der Waals surface area contributed by atoms with Gasteiger partial charge in [-0.25, -0.2) is 14.5 Å². The summed E-state index contributed by atoms with van der Waals surface area (Å²) in [6.45, 7) is 0. The number of nitrogens with zero attached hydrogens (tertiary/aromatic N) is 4. The van der Waals surface area contributed by atoms with Gasteiger partial charge in [0.15, 0.2) is 5.69 Å². The Morgan fingerprint density at radius 1 is 1.06 bits per heavy atom. The third kappa shape index (κ3) is 3.52. The van der Waals surface area contributed by atoms with Gasteiger partial charge in [-0.2, -0.15) is 23.4 Å². The van der Waals surface area contributed by atoms with Crippen molar-refractivity contribution in [2.75, 3.05) is 7.11 Å². The van der Waals surface area contributed by atoms with Crippen molar-refractivity contribution in [3.63, 3.8) is 0 Å². The normalized spacial score (nSPS) is 13.8. The van der Waals surface area contributed by atoms with Crippen LogP contribution in [0.15, 0.2) is 48.8 Å². The maximum Gasteiger partial charge on any atom is 0.435 e. The number of alkyl halides is 3. The van der Waals surface area contributed by atoms with Crippen LogP contribution < -0.4 is 0 Å². The lowest BCUT2D eigenvalue weighted by molar-refractivity contribution is -0.140. The molecule has 0 saturated heterocycles. The molecule has 0 bridgehead atoms. The van der Waals surface area contributed by atoms with E-state index in [1.807, 2.05) is 12.1 Å². The number of carbonyl (C=O) groups excluding carboxylic acids is 1. The average Bonchev–Trinajstić information content (AvgIpc) is 3.55. The summed E-state index contributed by atoms with van der Waals surface area (Å²) in [6, 6.07) is 9.69. The largest absolute Gasteiger partial charge is 0.465 e. The molecule has 0 amide bonds. The fourth-order valence-electron chi connectivity index (χ4n) is 5.03. The number of methoxy groups -OCH3 is 1. The van der Waals surface area contributed by atoms with Crippen molar-refractivity contribution in [1.82, 2.24) is 25.0 Å². The highest BCUT2D eigenvalue weighted by Crippen LogP contribution is 2.42. The highest BCUT2D eigenvalue weighted by Gasteiger charge is 2.39. The number of aryl methyl sites for hydroxylation is 1. The van der Waals surface area contributed by atoms with Crippen molar-refractivity contribution >= 4 is 27.8 Å². The standard InChI is InChI=1S/C26H20F3N5O2/c1-36-25(35)14-6-8-15(9-7-14)34-13-19(24(33-34)26(27,28)29)23-17-5-3-2-4-16(17)22-18-12-30-32-20(18)10-11-21(22)31-23/h6-13H,2-5H2,1H3,(H,30,32). The van der Waals surface area contributed by atoms with E-state index in [0.29, 0.717) is 28.9 Å². The van der Waals surface area contributed by atoms with Gasteiger partial charge < -0.3 is 4.74 Å². The number of aromatic amines is 1. The summed E-state index contributed by atoms with van der Waals surface area (Å²) in [5.74, 6) is -0.530. The van der Waals surface area contributed by atoms with Crippen LogP contribution in [-0.2, 0) is 23.8 Å². The van der Waals surface area contributed by atoms with Crippen molar-refractivity contribution in [3.8, 4) is 16.9 Å². The molecule has 2 aromatic carbocycles. The first-order valence-electron chi connectivity index (χ1n) is 11.5. The summed E-state index contributed by atoms with van der Waals surface area (Å²) < 4.78 is 48.5. The van der Waals surface area contributed by atoms with E-state index in [-0.39, 0.29) is 5.56 Å². The summed E-state index contributed by atoms with van der Waals surface area (Å²) in [7, 11) is 1.26. The molecule has 7 nitrogen and oxygen atoms in total. The van der Waals surface area contributed by atoms with E-state index < -0.39 is 17.8 Å². The van der Waals surface area contributed by atoms with Gasteiger partial charge in [-0.3, -0.25) is 5.10 Å². The summed E-state index contributed by atoms with van der Waals surface area (Å²) in [5.41, 5.74) is 3.27. The van der Waals surface area contributed by atoms with E-state index in [2.05, 4.69) is 15.3 Å². The predicted octanol–water partition coefficient (Wildman–Crippen LogP) is 5.65. The molecule has 6 rings (SSSR count). The topological polar surface area (TPSA) is 85.7 Å². The van der Waals surface area contributed by atoms with Gasteiger partial charge in [0.2, 0.25) is 0 Å². The van der Waals surface area contributed by atoms with E-state index in [0.717, 1.165) is 46.7 Å². The maximum absolute atomic E-state index is 14.2. The van der Waals surface area contributed by atoms with Gasteiger partial charge in [-0.15, -0.1) is 0 Å². The minimum absolute atomic E-state index is 0.0631. The average molecular weight is 491 g/mol. The molecule has 36 heavy (non-hydrogen) atoms. The first kappa shape index (κ1) is 22.3. The van der Waals surface area contributed by atoms with Crippen molar-refractivity contribution in [2.45, 2.75) is 31.9 Å². The fourth-order valence-corrected chi connectivity index (χ4v) is 5.03. The van der Waals surface area contributed by atoms with Crippen LogP contribution in [0.2, 0.25) is 0 Å². The van der Waals surface area contributed by atoms with Gasteiger partial charge >= 0.3 is 12.1 Å². The van der Waals surface area contributed by atoms with Crippen LogP contribution in [0.25, 0.3) is 38.8 Å². The highest BCUT2D eigenvalue weighted by atomic mass is 19.4. The molecule has 10 heteroatoms. The first-order chi connectivity index (χ1) is 17.3. The number of halogens is 3. The highest BCUT2D eigenvalue weighted by molar-refractivity contribution is 6.07. The van der Waals surface area contributed by atoms with Crippen LogP contribution in [0.5, 0.6) is 0 Å². The number of benzene rings is 2.